The first-order chi connectivity index (χ1) is 19.8. The number of hydrogen-bond donors (Lipinski definition) is 0. The van der Waals surface area contributed by atoms with E-state index in [2.05, 4.69) is 18.8 Å². The largest absolute Gasteiger partial charge is 0.484 e. The van der Waals surface area contributed by atoms with Crippen LogP contribution in [0.5, 0.6) is 11.5 Å². The standard InChI is InChI=1S/C35H39NO5/c1-4-5-6-7-8-9-10-12-15-27-18-20-28(21-19-27)25-36(33(37)26-39-30-16-13-11-14-17-30)29-22-23-32-31(24-29)34(38)41-35(2,3)40-32/h11,13-14,16-24H,4-10,25-26H2,1-3H3. The first-order valence-corrected chi connectivity index (χ1v) is 14.5. The molecule has 0 spiro atoms. The molecule has 0 saturated carbocycles. The summed E-state index contributed by atoms with van der Waals surface area (Å²) in [6, 6.07) is 22.2. The van der Waals surface area contributed by atoms with E-state index in [4.69, 9.17) is 14.2 Å². The van der Waals surface area contributed by atoms with Gasteiger partial charge in [0.2, 0.25) is 5.79 Å². The van der Waals surface area contributed by atoms with Gasteiger partial charge in [-0.15, -0.1) is 0 Å². The van der Waals surface area contributed by atoms with Gasteiger partial charge < -0.3 is 19.1 Å². The van der Waals surface area contributed by atoms with Crippen molar-refractivity contribution in [2.24, 2.45) is 0 Å². The number of rotatable bonds is 12. The molecule has 6 nitrogen and oxygen atoms in total. The molecule has 0 aliphatic carbocycles. The summed E-state index contributed by atoms with van der Waals surface area (Å²) in [7, 11) is 0. The first kappa shape index (κ1) is 29.7. The van der Waals surface area contributed by atoms with Crippen LogP contribution in [0.3, 0.4) is 0 Å². The highest BCUT2D eigenvalue weighted by molar-refractivity contribution is 5.98. The molecule has 0 fully saturated rings. The number of ether oxygens (including phenoxy) is 3. The van der Waals surface area contributed by atoms with Gasteiger partial charge in [-0.1, -0.05) is 81.2 Å². The van der Waals surface area contributed by atoms with Gasteiger partial charge in [-0.25, -0.2) is 4.79 Å². The fourth-order valence-corrected chi connectivity index (χ4v) is 4.60. The van der Waals surface area contributed by atoms with Crippen LogP contribution in [0.25, 0.3) is 0 Å². The van der Waals surface area contributed by atoms with E-state index in [1.807, 2.05) is 42.5 Å². The molecule has 1 amide bonds. The molecule has 0 atom stereocenters. The lowest BCUT2D eigenvalue weighted by Crippen LogP contribution is -2.39. The Hall–Kier alpha value is -4.24. The van der Waals surface area contributed by atoms with Crippen molar-refractivity contribution >= 4 is 17.6 Å². The van der Waals surface area contributed by atoms with Crippen LogP contribution in [0.1, 0.15) is 87.2 Å². The summed E-state index contributed by atoms with van der Waals surface area (Å²) < 4.78 is 17.0. The van der Waals surface area contributed by atoms with E-state index in [0.29, 0.717) is 23.7 Å². The molecule has 0 bridgehead atoms. The second-order valence-corrected chi connectivity index (χ2v) is 10.7. The van der Waals surface area contributed by atoms with E-state index in [-0.39, 0.29) is 18.1 Å². The van der Waals surface area contributed by atoms with Crippen LogP contribution in [0.15, 0.2) is 72.8 Å². The number of carbonyl (C=O) groups is 2. The monoisotopic (exact) mass is 553 g/mol. The molecule has 4 rings (SSSR count). The van der Waals surface area contributed by atoms with Gasteiger partial charge in [0.05, 0.1) is 6.54 Å². The van der Waals surface area contributed by atoms with Crippen LogP contribution in [-0.2, 0) is 16.1 Å². The number of amides is 1. The maximum atomic E-state index is 13.5. The maximum absolute atomic E-state index is 13.5. The Labute approximate surface area is 243 Å². The Morgan fingerprint density at radius 2 is 1.63 bits per heavy atom. The van der Waals surface area contributed by atoms with Crippen molar-refractivity contribution < 1.29 is 23.8 Å². The fourth-order valence-electron chi connectivity index (χ4n) is 4.60. The van der Waals surface area contributed by atoms with Gasteiger partial charge in [0.1, 0.15) is 17.1 Å². The first-order valence-electron chi connectivity index (χ1n) is 14.5. The van der Waals surface area contributed by atoms with Crippen molar-refractivity contribution in [1.29, 1.82) is 0 Å². The van der Waals surface area contributed by atoms with Crippen LogP contribution in [-0.4, -0.2) is 24.3 Å². The van der Waals surface area contributed by atoms with Gasteiger partial charge in [-0.2, -0.15) is 0 Å². The summed E-state index contributed by atoms with van der Waals surface area (Å²) in [5, 5.41) is 0. The number of nitrogens with zero attached hydrogens (tertiary/aromatic N) is 1. The lowest BCUT2D eigenvalue weighted by atomic mass is 10.1. The quantitative estimate of drug-likeness (QED) is 0.131. The molecule has 0 saturated heterocycles. The van der Waals surface area contributed by atoms with Crippen LogP contribution >= 0.6 is 0 Å². The maximum Gasteiger partial charge on any atom is 0.345 e. The Balaban J connectivity index is 1.46. The average Bonchev–Trinajstić information content (AvgIpc) is 2.96. The minimum absolute atomic E-state index is 0.156. The number of unbranched alkanes of at least 4 members (excludes halogenated alkanes) is 6. The van der Waals surface area contributed by atoms with Crippen molar-refractivity contribution in [2.75, 3.05) is 11.5 Å². The van der Waals surface area contributed by atoms with Crippen LogP contribution in [0, 0.1) is 11.8 Å². The number of benzene rings is 3. The van der Waals surface area contributed by atoms with Crippen molar-refractivity contribution in [3.63, 3.8) is 0 Å². The molecule has 0 N–H and O–H groups in total. The topological polar surface area (TPSA) is 65.1 Å². The molecular weight excluding hydrogens is 514 g/mol. The summed E-state index contributed by atoms with van der Waals surface area (Å²) in [5.74, 6) is 5.77. The Kier molecular flexibility index (Phi) is 10.5. The van der Waals surface area contributed by atoms with Crippen LogP contribution < -0.4 is 14.4 Å². The summed E-state index contributed by atoms with van der Waals surface area (Å²) >= 11 is 0. The molecule has 0 aromatic heterocycles. The van der Waals surface area contributed by atoms with E-state index in [9.17, 15) is 9.59 Å². The molecule has 6 heteroatoms. The zero-order valence-corrected chi connectivity index (χ0v) is 24.3. The van der Waals surface area contributed by atoms with Crippen LogP contribution in [0.4, 0.5) is 5.69 Å². The number of hydrogen-bond acceptors (Lipinski definition) is 5. The smallest absolute Gasteiger partial charge is 0.345 e. The van der Waals surface area contributed by atoms with Crippen molar-refractivity contribution in [2.45, 2.75) is 78.0 Å². The lowest BCUT2D eigenvalue weighted by molar-refractivity contribution is -0.127. The highest BCUT2D eigenvalue weighted by Gasteiger charge is 2.34. The molecule has 41 heavy (non-hydrogen) atoms. The molecule has 1 aliphatic heterocycles. The van der Waals surface area contributed by atoms with Crippen LogP contribution in [0.2, 0.25) is 0 Å². The van der Waals surface area contributed by atoms with Gasteiger partial charge in [0.25, 0.3) is 5.91 Å². The molecular formula is C35H39NO5. The fraction of sp³-hybridized carbons (Fsp3) is 0.371. The molecule has 0 radical (unpaired) electrons. The van der Waals surface area contributed by atoms with Gasteiger partial charge in [-0.3, -0.25) is 4.79 Å². The van der Waals surface area contributed by atoms with Gasteiger partial charge >= 0.3 is 5.97 Å². The Morgan fingerprint density at radius 3 is 2.39 bits per heavy atom. The molecule has 0 unspecified atom stereocenters. The van der Waals surface area contributed by atoms with Gasteiger partial charge in [-0.05, 0) is 54.4 Å². The minimum atomic E-state index is -1.05. The highest BCUT2D eigenvalue weighted by atomic mass is 16.7. The summed E-state index contributed by atoms with van der Waals surface area (Å²) in [6.45, 7) is 5.73. The molecule has 3 aromatic carbocycles. The van der Waals surface area contributed by atoms with Crippen molar-refractivity contribution in [1.82, 2.24) is 0 Å². The molecule has 1 aliphatic rings. The zero-order chi connectivity index (χ0) is 29.1. The number of cyclic esters (lactones) is 1. The Bertz CT molecular complexity index is 1370. The van der Waals surface area contributed by atoms with E-state index in [1.165, 1.54) is 32.1 Å². The SMILES string of the molecule is CCCCCCCCC#Cc1ccc(CN(C(=O)COc2ccccc2)c2ccc3c(c2)C(=O)OC(C)(C)O3)cc1. The Morgan fingerprint density at radius 1 is 0.902 bits per heavy atom. The average molecular weight is 554 g/mol. The summed E-state index contributed by atoms with van der Waals surface area (Å²) in [4.78, 5) is 27.8. The number of carbonyl (C=O) groups excluding carboxylic acids is 2. The van der Waals surface area contributed by atoms with Gasteiger partial charge in [0.15, 0.2) is 6.61 Å². The zero-order valence-electron chi connectivity index (χ0n) is 24.3. The summed E-state index contributed by atoms with van der Waals surface area (Å²) in [5.41, 5.74) is 2.70. The van der Waals surface area contributed by atoms with E-state index >= 15 is 0 Å². The van der Waals surface area contributed by atoms with Crippen molar-refractivity contribution in [3.05, 3.63) is 89.5 Å². The molecule has 214 valence electrons. The predicted molar refractivity (Wildman–Crippen MR) is 161 cm³/mol. The highest BCUT2D eigenvalue weighted by Crippen LogP contribution is 2.34. The number of anilines is 1. The number of para-hydroxylation sites is 1. The summed E-state index contributed by atoms with van der Waals surface area (Å²) in [6.07, 6.45) is 8.44. The van der Waals surface area contributed by atoms with E-state index < -0.39 is 11.8 Å². The predicted octanol–water partition coefficient (Wildman–Crippen LogP) is 7.69. The third-order valence-corrected chi connectivity index (χ3v) is 6.78. The normalized spacial score (nSPS) is 13.2. The van der Waals surface area contributed by atoms with E-state index in [0.717, 1.165) is 24.0 Å². The lowest BCUT2D eigenvalue weighted by Gasteiger charge is -2.32. The second-order valence-electron chi connectivity index (χ2n) is 10.7. The third kappa shape index (κ3) is 8.88. The number of fused-ring (bicyclic) bond motifs is 1. The van der Waals surface area contributed by atoms with E-state index in [1.54, 1.807) is 49.1 Å². The molecule has 1 heterocycles. The van der Waals surface area contributed by atoms with Gasteiger partial charge in [0, 0.05) is 31.5 Å². The van der Waals surface area contributed by atoms with Crippen molar-refractivity contribution in [3.8, 4) is 23.3 Å². The second kappa shape index (κ2) is 14.4. The number of esters is 1. The molecule has 3 aromatic rings. The third-order valence-electron chi connectivity index (χ3n) is 6.78. The minimum Gasteiger partial charge on any atom is -0.484 e.